The highest BCUT2D eigenvalue weighted by Crippen LogP contribution is 2.28. The number of aryl methyl sites for hydroxylation is 1. The van der Waals surface area contributed by atoms with Gasteiger partial charge in [0, 0.05) is 6.54 Å². The molecule has 1 N–H and O–H groups in total. The Hall–Kier alpha value is -1.59. The lowest BCUT2D eigenvalue weighted by atomic mass is 10.1. The van der Waals surface area contributed by atoms with Crippen molar-refractivity contribution in [2.45, 2.75) is 33.1 Å². The first kappa shape index (κ1) is 13.8. The minimum absolute atomic E-state index is 0.307. The summed E-state index contributed by atoms with van der Waals surface area (Å²) in [5.74, 6) is 1.31. The summed E-state index contributed by atoms with van der Waals surface area (Å²) < 4.78 is 7.38. The van der Waals surface area contributed by atoms with Crippen LogP contribution in [0, 0.1) is 0 Å². The van der Waals surface area contributed by atoms with Gasteiger partial charge in [-0.15, -0.1) is 0 Å². The Labute approximate surface area is 116 Å². The van der Waals surface area contributed by atoms with Gasteiger partial charge in [0.25, 0.3) is 0 Å². The fourth-order valence-corrected chi connectivity index (χ4v) is 1.94. The number of rotatable bonds is 5. The summed E-state index contributed by atoms with van der Waals surface area (Å²) in [5.41, 5.74) is 0.758. The predicted octanol–water partition coefficient (Wildman–Crippen LogP) is 2.58. The summed E-state index contributed by atoms with van der Waals surface area (Å²) >= 11 is 6.11. The van der Waals surface area contributed by atoms with Crippen LogP contribution in [0.5, 0.6) is 5.75 Å². The van der Waals surface area contributed by atoms with E-state index in [9.17, 15) is 5.11 Å². The third-order valence-corrected chi connectivity index (χ3v) is 3.09. The summed E-state index contributed by atoms with van der Waals surface area (Å²) in [7, 11) is 0. The zero-order chi connectivity index (χ0) is 13.8. The maximum Gasteiger partial charge on any atom is 0.164 e. The number of ether oxygens (including phenoxy) is 1. The van der Waals surface area contributed by atoms with Gasteiger partial charge >= 0.3 is 0 Å². The molecule has 0 spiro atoms. The van der Waals surface area contributed by atoms with Gasteiger partial charge in [-0.2, -0.15) is 5.10 Å². The molecule has 2 rings (SSSR count). The predicted molar refractivity (Wildman–Crippen MR) is 72.1 cm³/mol. The molecule has 0 bridgehead atoms. The highest BCUT2D eigenvalue weighted by atomic mass is 35.5. The molecule has 19 heavy (non-hydrogen) atoms. The third kappa shape index (κ3) is 3.24. The summed E-state index contributed by atoms with van der Waals surface area (Å²) in [4.78, 5) is 4.12. The molecule has 0 amide bonds. The Balaban J connectivity index is 2.08. The number of aliphatic hydroxyl groups is 1. The summed E-state index contributed by atoms with van der Waals surface area (Å²) in [6.45, 7) is 4.73. The molecule has 0 aliphatic rings. The molecule has 2 aromatic rings. The average Bonchev–Trinajstić information content (AvgIpc) is 2.84. The maximum atomic E-state index is 9.47. The second kappa shape index (κ2) is 6.04. The highest BCUT2D eigenvalue weighted by Gasteiger charge is 2.08. The molecule has 1 aromatic carbocycles. The van der Waals surface area contributed by atoms with Gasteiger partial charge in [-0.1, -0.05) is 17.7 Å². The van der Waals surface area contributed by atoms with Gasteiger partial charge in [0.2, 0.25) is 0 Å². The third-order valence-electron chi connectivity index (χ3n) is 2.79. The molecule has 0 saturated carbocycles. The Bertz CT molecular complexity index is 555. The first-order valence-electron chi connectivity index (χ1n) is 6.08. The molecule has 0 aliphatic heterocycles. The van der Waals surface area contributed by atoms with E-state index in [0.717, 1.165) is 17.9 Å². The summed E-state index contributed by atoms with van der Waals surface area (Å²) in [6.07, 6.45) is 0.954. The smallest absolute Gasteiger partial charge is 0.164 e. The number of benzene rings is 1. The van der Waals surface area contributed by atoms with Crippen molar-refractivity contribution in [3.05, 3.63) is 40.9 Å². The van der Waals surface area contributed by atoms with Crippen LogP contribution in [0.25, 0.3) is 0 Å². The van der Waals surface area contributed by atoms with Crippen LogP contribution < -0.4 is 4.74 Å². The molecule has 0 aliphatic carbocycles. The first-order valence-corrected chi connectivity index (χ1v) is 6.46. The van der Waals surface area contributed by atoms with Gasteiger partial charge in [0.05, 0.1) is 11.1 Å². The molecular weight excluding hydrogens is 266 g/mol. The zero-order valence-electron chi connectivity index (χ0n) is 10.9. The SMILES string of the molecule is CCn1ncnc1COc1ccc([C@@H](C)O)cc1Cl. The van der Waals surface area contributed by atoms with Crippen molar-refractivity contribution in [2.75, 3.05) is 0 Å². The number of aliphatic hydroxyl groups excluding tert-OH is 1. The molecule has 0 radical (unpaired) electrons. The molecule has 1 aromatic heterocycles. The van der Waals surface area contributed by atoms with E-state index in [0.29, 0.717) is 17.4 Å². The lowest BCUT2D eigenvalue weighted by molar-refractivity contribution is 0.199. The number of aromatic nitrogens is 3. The molecule has 102 valence electrons. The van der Waals surface area contributed by atoms with E-state index in [2.05, 4.69) is 10.1 Å². The van der Waals surface area contributed by atoms with Crippen LogP contribution in [0.1, 0.15) is 31.3 Å². The van der Waals surface area contributed by atoms with Gasteiger partial charge in [0.1, 0.15) is 18.7 Å². The van der Waals surface area contributed by atoms with Crippen molar-refractivity contribution in [1.29, 1.82) is 0 Å². The number of halogens is 1. The van der Waals surface area contributed by atoms with Crippen molar-refractivity contribution in [3.63, 3.8) is 0 Å². The van der Waals surface area contributed by atoms with Crippen molar-refractivity contribution in [1.82, 2.24) is 14.8 Å². The lowest BCUT2D eigenvalue weighted by Crippen LogP contribution is -2.07. The lowest BCUT2D eigenvalue weighted by Gasteiger charge is -2.10. The Morgan fingerprint density at radius 2 is 2.26 bits per heavy atom. The van der Waals surface area contributed by atoms with Crippen LogP contribution in [0.2, 0.25) is 5.02 Å². The van der Waals surface area contributed by atoms with Crippen LogP contribution in [0.3, 0.4) is 0 Å². The molecule has 1 atom stereocenters. The van der Waals surface area contributed by atoms with Gasteiger partial charge in [-0.05, 0) is 31.5 Å². The fourth-order valence-electron chi connectivity index (χ4n) is 1.70. The minimum Gasteiger partial charge on any atom is -0.484 e. The van der Waals surface area contributed by atoms with E-state index in [-0.39, 0.29) is 0 Å². The number of nitrogens with zero attached hydrogens (tertiary/aromatic N) is 3. The average molecular weight is 282 g/mol. The van der Waals surface area contributed by atoms with Crippen molar-refractivity contribution in [2.24, 2.45) is 0 Å². The zero-order valence-corrected chi connectivity index (χ0v) is 11.6. The van der Waals surface area contributed by atoms with Gasteiger partial charge in [0.15, 0.2) is 5.82 Å². The Kier molecular flexibility index (Phi) is 4.39. The van der Waals surface area contributed by atoms with Crippen LogP contribution in [0.4, 0.5) is 0 Å². The quantitative estimate of drug-likeness (QED) is 0.915. The molecule has 5 nitrogen and oxygen atoms in total. The molecular formula is C13H16ClN3O2. The highest BCUT2D eigenvalue weighted by molar-refractivity contribution is 6.32. The van der Waals surface area contributed by atoms with Crippen LogP contribution >= 0.6 is 11.6 Å². The van der Waals surface area contributed by atoms with E-state index in [1.54, 1.807) is 29.8 Å². The summed E-state index contributed by atoms with van der Waals surface area (Å²) in [5, 5.41) is 14.0. The van der Waals surface area contributed by atoms with E-state index >= 15 is 0 Å². The molecule has 6 heteroatoms. The Morgan fingerprint density at radius 3 is 2.89 bits per heavy atom. The van der Waals surface area contributed by atoms with Crippen LogP contribution in [-0.4, -0.2) is 19.9 Å². The monoisotopic (exact) mass is 281 g/mol. The molecule has 0 unspecified atom stereocenters. The largest absolute Gasteiger partial charge is 0.484 e. The molecule has 1 heterocycles. The van der Waals surface area contributed by atoms with Crippen LogP contribution in [0.15, 0.2) is 24.5 Å². The molecule has 0 saturated heterocycles. The topological polar surface area (TPSA) is 60.2 Å². The van der Waals surface area contributed by atoms with Gasteiger partial charge in [-0.25, -0.2) is 9.67 Å². The number of hydrogen-bond donors (Lipinski definition) is 1. The van der Waals surface area contributed by atoms with Crippen molar-refractivity contribution < 1.29 is 9.84 Å². The van der Waals surface area contributed by atoms with Crippen molar-refractivity contribution >= 4 is 11.6 Å². The second-order valence-electron chi connectivity index (χ2n) is 4.15. The Morgan fingerprint density at radius 1 is 1.47 bits per heavy atom. The van der Waals surface area contributed by atoms with E-state index in [1.165, 1.54) is 6.33 Å². The number of hydrogen-bond acceptors (Lipinski definition) is 4. The fraction of sp³-hybridized carbons (Fsp3) is 0.385. The standard InChI is InChI=1S/C13H16ClN3O2/c1-3-17-13(15-8-16-17)7-19-12-5-4-10(9(2)18)6-11(12)14/h4-6,8-9,18H,3,7H2,1-2H3/t9-/m1/s1. The minimum atomic E-state index is -0.547. The second-order valence-corrected chi connectivity index (χ2v) is 4.55. The van der Waals surface area contributed by atoms with Crippen LogP contribution in [-0.2, 0) is 13.2 Å². The maximum absolute atomic E-state index is 9.47. The van der Waals surface area contributed by atoms with E-state index in [1.807, 2.05) is 6.92 Å². The molecule has 0 fully saturated rings. The van der Waals surface area contributed by atoms with E-state index in [4.69, 9.17) is 16.3 Å². The van der Waals surface area contributed by atoms with Gasteiger partial charge < -0.3 is 9.84 Å². The summed E-state index contributed by atoms with van der Waals surface area (Å²) in [6, 6.07) is 5.24. The van der Waals surface area contributed by atoms with Crippen molar-refractivity contribution in [3.8, 4) is 5.75 Å². The van der Waals surface area contributed by atoms with E-state index < -0.39 is 6.10 Å². The normalized spacial score (nSPS) is 12.4. The van der Waals surface area contributed by atoms with Gasteiger partial charge in [-0.3, -0.25) is 0 Å². The first-order chi connectivity index (χ1) is 9.11.